The minimum absolute atomic E-state index is 0.0739. The van der Waals surface area contributed by atoms with Crippen molar-refractivity contribution < 1.29 is 48.7 Å². The Bertz CT molecular complexity index is 1770. The third kappa shape index (κ3) is 8.73. The van der Waals surface area contributed by atoms with E-state index in [2.05, 4.69) is 5.32 Å². The molecule has 14 heteroatoms. The zero-order chi connectivity index (χ0) is 38.0. The molecule has 5 rings (SSSR count). The fourth-order valence-corrected chi connectivity index (χ4v) is 7.79. The van der Waals surface area contributed by atoms with Crippen molar-refractivity contribution in [3.8, 4) is 0 Å². The minimum atomic E-state index is -1.85. The van der Waals surface area contributed by atoms with Crippen LogP contribution in [-0.2, 0) is 36.8 Å². The second kappa shape index (κ2) is 16.1. The van der Waals surface area contributed by atoms with E-state index < -0.39 is 66.1 Å². The Hall–Kier alpha value is -3.72. The highest BCUT2D eigenvalue weighted by Crippen LogP contribution is 2.49. The molecule has 0 radical (unpaired) electrons. The van der Waals surface area contributed by atoms with Crippen LogP contribution in [0.1, 0.15) is 62.0 Å². The molecule has 4 bridgehead atoms. The average molecular weight is 757 g/mol. The highest BCUT2D eigenvalue weighted by atomic mass is 35.5. The van der Waals surface area contributed by atoms with Gasteiger partial charge >= 0.3 is 12.1 Å². The number of nitrogens with one attached hydrogen (secondary N) is 1. The summed E-state index contributed by atoms with van der Waals surface area (Å²) >= 11 is 7.91. The number of alkyl carbamates (subject to hydrolysis) is 1. The molecule has 2 fully saturated rings. The van der Waals surface area contributed by atoms with Crippen molar-refractivity contribution in [3.05, 3.63) is 81.9 Å². The van der Waals surface area contributed by atoms with E-state index in [-0.39, 0.29) is 36.0 Å². The zero-order valence-corrected chi connectivity index (χ0v) is 31.3. The Morgan fingerprint density at radius 2 is 1.88 bits per heavy atom. The summed E-state index contributed by atoms with van der Waals surface area (Å²) in [5, 5.41) is 34.7. The van der Waals surface area contributed by atoms with Crippen molar-refractivity contribution in [2.24, 2.45) is 11.8 Å². The van der Waals surface area contributed by atoms with Gasteiger partial charge in [-0.2, -0.15) is 0 Å². The van der Waals surface area contributed by atoms with Crippen LogP contribution in [0.5, 0.6) is 0 Å². The summed E-state index contributed by atoms with van der Waals surface area (Å²) in [5.74, 6) is -2.62. The van der Waals surface area contributed by atoms with Gasteiger partial charge in [0.2, 0.25) is 5.91 Å². The third-order valence-corrected chi connectivity index (χ3v) is 11.5. The standard InChI is InChI=1S/C38H45ClN2O10S/c1-21-7-6-8-27(19-43)38(48)17-30(49-36(47)40-38)22(2)35-37(4,51-35)31(50-33(46)20-52-28-11-9-25(10-12-28)23(3)44)16-32(45)41(5)29-15-24(13-21)14-26(18-42)34(29)39/h6-12,14-15,22,27,30-31,35,42-43,48H,13,16-20H2,1-5H3,(H,40,47)/b8-6+,21-7+/t22-,27+,30+,31+,35+,37+,38+/m1/s1. The summed E-state index contributed by atoms with van der Waals surface area (Å²) in [4.78, 5) is 53.9. The van der Waals surface area contributed by atoms with E-state index in [0.717, 1.165) is 16.0 Å². The number of amides is 2. The van der Waals surface area contributed by atoms with Gasteiger partial charge in [-0.1, -0.05) is 60.5 Å². The lowest BCUT2D eigenvalue weighted by Gasteiger charge is -2.42. The number of epoxide rings is 1. The molecular weight excluding hydrogens is 712 g/mol. The first-order chi connectivity index (χ1) is 24.6. The number of hydrogen-bond donors (Lipinski definition) is 4. The largest absolute Gasteiger partial charge is 0.458 e. The van der Waals surface area contributed by atoms with E-state index >= 15 is 0 Å². The lowest BCUT2D eigenvalue weighted by molar-refractivity contribution is -0.150. The van der Waals surface area contributed by atoms with Crippen LogP contribution >= 0.6 is 23.4 Å². The summed E-state index contributed by atoms with van der Waals surface area (Å²) in [5.41, 5.74) is -0.0377. The number of benzene rings is 2. The molecule has 52 heavy (non-hydrogen) atoms. The van der Waals surface area contributed by atoms with Crippen molar-refractivity contribution in [3.63, 3.8) is 0 Å². The predicted molar refractivity (Wildman–Crippen MR) is 195 cm³/mol. The summed E-state index contributed by atoms with van der Waals surface area (Å²) in [7, 11) is 1.56. The topological polar surface area (TPSA) is 175 Å². The first-order valence-corrected chi connectivity index (χ1v) is 18.4. The Morgan fingerprint density at radius 1 is 1.17 bits per heavy atom. The maximum absolute atomic E-state index is 14.0. The van der Waals surface area contributed by atoms with Crippen LogP contribution < -0.4 is 10.2 Å². The molecule has 3 aliphatic heterocycles. The fraction of sp³-hybridized carbons (Fsp3) is 0.474. The van der Waals surface area contributed by atoms with Crippen molar-refractivity contribution in [2.45, 2.75) is 88.1 Å². The van der Waals surface area contributed by atoms with Crippen LogP contribution in [0.3, 0.4) is 0 Å². The summed E-state index contributed by atoms with van der Waals surface area (Å²) in [6.07, 6.45) is 1.73. The van der Waals surface area contributed by atoms with Gasteiger partial charge in [0.25, 0.3) is 0 Å². The van der Waals surface area contributed by atoms with Crippen LogP contribution in [0.2, 0.25) is 5.02 Å². The van der Waals surface area contributed by atoms with Gasteiger partial charge in [-0.3, -0.25) is 19.7 Å². The maximum atomic E-state index is 14.0. The highest BCUT2D eigenvalue weighted by molar-refractivity contribution is 8.00. The number of hydrogen-bond acceptors (Lipinski definition) is 11. The number of nitrogens with zero attached hydrogens (tertiary/aromatic N) is 1. The number of esters is 1. The van der Waals surface area contributed by atoms with Crippen LogP contribution in [0.4, 0.5) is 10.5 Å². The number of ether oxygens (including phenoxy) is 3. The quantitative estimate of drug-likeness (QED) is 0.133. The number of carbonyl (C=O) groups is 4. The molecule has 0 spiro atoms. The first-order valence-electron chi connectivity index (χ1n) is 17.0. The van der Waals surface area contributed by atoms with Crippen molar-refractivity contribution >= 4 is 52.8 Å². The lowest BCUT2D eigenvalue weighted by Crippen LogP contribution is -2.62. The number of anilines is 1. The number of aliphatic hydroxyl groups is 3. The molecule has 0 saturated carbocycles. The molecular formula is C38H45ClN2O10S. The first kappa shape index (κ1) is 39.5. The van der Waals surface area contributed by atoms with Crippen molar-refractivity contribution in [1.82, 2.24) is 5.32 Å². The van der Waals surface area contributed by atoms with Gasteiger partial charge in [-0.05, 0) is 56.5 Å². The molecule has 280 valence electrons. The van der Waals surface area contributed by atoms with Crippen molar-refractivity contribution in [1.29, 1.82) is 0 Å². The van der Waals surface area contributed by atoms with Gasteiger partial charge in [-0.25, -0.2) is 4.79 Å². The third-order valence-electron chi connectivity index (χ3n) is 10.0. The second-order valence-corrected chi connectivity index (χ2v) is 15.3. The monoisotopic (exact) mass is 756 g/mol. The number of carbonyl (C=O) groups excluding carboxylic acids is 4. The summed E-state index contributed by atoms with van der Waals surface area (Å²) in [6.45, 7) is 6.03. The molecule has 2 amide bonds. The van der Waals surface area contributed by atoms with E-state index in [9.17, 15) is 34.5 Å². The minimum Gasteiger partial charge on any atom is -0.458 e. The molecule has 7 atom stereocenters. The molecule has 3 heterocycles. The van der Waals surface area contributed by atoms with Crippen LogP contribution in [0.15, 0.2) is 65.1 Å². The molecule has 0 aromatic heterocycles. The Morgan fingerprint density at radius 3 is 2.54 bits per heavy atom. The number of Topliss-reactive ketones (excluding diaryl/α,β-unsaturated/α-hetero) is 1. The molecule has 2 saturated heterocycles. The zero-order valence-electron chi connectivity index (χ0n) is 29.8. The maximum Gasteiger partial charge on any atom is 0.409 e. The Balaban J connectivity index is 1.49. The number of fused-ring (bicyclic) bond motifs is 5. The number of rotatable bonds is 7. The number of halogens is 1. The Labute approximate surface area is 312 Å². The lowest BCUT2D eigenvalue weighted by atomic mass is 9.81. The van der Waals surface area contributed by atoms with E-state index in [0.29, 0.717) is 23.2 Å². The smallest absolute Gasteiger partial charge is 0.409 e. The van der Waals surface area contributed by atoms with E-state index in [4.69, 9.17) is 25.8 Å². The normalized spacial score (nSPS) is 31.0. The summed E-state index contributed by atoms with van der Waals surface area (Å²) in [6, 6.07) is 10.4. The van der Waals surface area contributed by atoms with Crippen LogP contribution in [-0.4, -0.2) is 88.1 Å². The molecule has 0 unspecified atom stereocenters. The average Bonchev–Trinajstić information content (AvgIpc) is 3.80. The Kier molecular flexibility index (Phi) is 12.2. The second-order valence-electron chi connectivity index (χ2n) is 13.9. The van der Waals surface area contributed by atoms with Crippen LogP contribution in [0.25, 0.3) is 0 Å². The van der Waals surface area contributed by atoms with Gasteiger partial charge in [0.1, 0.15) is 17.8 Å². The van der Waals surface area contributed by atoms with Gasteiger partial charge < -0.3 is 34.4 Å². The van der Waals surface area contributed by atoms with E-state index in [1.165, 1.54) is 23.6 Å². The predicted octanol–water partition coefficient (Wildman–Crippen LogP) is 4.74. The van der Waals surface area contributed by atoms with Gasteiger partial charge in [0, 0.05) is 35.8 Å². The van der Waals surface area contributed by atoms with E-state index in [1.807, 2.05) is 13.0 Å². The van der Waals surface area contributed by atoms with Gasteiger partial charge in [0.05, 0.1) is 42.2 Å². The number of allylic oxidation sites excluding steroid dienone is 3. The van der Waals surface area contributed by atoms with Gasteiger partial charge in [-0.15, -0.1) is 11.8 Å². The molecule has 2 aromatic carbocycles. The SMILES string of the molecule is CC(=O)c1ccc(SCC(=O)O[C@H]2CC(=O)N(C)c3cc(cc(CO)c3Cl)C/C(C)=C/C=C/[C@@H](CO)[C@@]3(O)C[C@H](OC(=O)N3)[C@@H](C)[C@@H]3O[C@@]23C)cc1. The van der Waals surface area contributed by atoms with Gasteiger partial charge in [0.15, 0.2) is 11.5 Å². The molecule has 4 N–H and O–H groups in total. The summed E-state index contributed by atoms with van der Waals surface area (Å²) < 4.78 is 17.8. The molecule has 3 aliphatic rings. The fourth-order valence-electron chi connectivity index (χ4n) is 6.81. The number of thioether (sulfide) groups is 1. The van der Waals surface area contributed by atoms with Crippen molar-refractivity contribution in [2.75, 3.05) is 24.3 Å². The number of aliphatic hydroxyl groups excluding tert-OH is 2. The highest BCUT2D eigenvalue weighted by Gasteiger charge is 2.64. The number of ketones is 1. The van der Waals surface area contributed by atoms with Crippen LogP contribution in [0, 0.1) is 11.8 Å². The molecule has 0 aliphatic carbocycles. The van der Waals surface area contributed by atoms with E-state index in [1.54, 1.807) is 69.4 Å². The molecule has 2 aromatic rings. The molecule has 12 nitrogen and oxygen atoms in total.